The lowest BCUT2D eigenvalue weighted by Crippen LogP contribution is -2.46. The lowest BCUT2D eigenvalue weighted by Gasteiger charge is -2.25. The highest BCUT2D eigenvalue weighted by atomic mass is 32.1. The Bertz CT molecular complexity index is 459. The molecule has 1 aliphatic rings. The van der Waals surface area contributed by atoms with Crippen LogP contribution < -0.4 is 5.32 Å². The summed E-state index contributed by atoms with van der Waals surface area (Å²) in [7, 11) is 0. The molecule has 1 fully saturated rings. The third-order valence-electron chi connectivity index (χ3n) is 2.46. The summed E-state index contributed by atoms with van der Waals surface area (Å²) in [6.07, 6.45) is 0. The first-order valence-corrected chi connectivity index (χ1v) is 6.32. The summed E-state index contributed by atoms with van der Waals surface area (Å²) in [4.78, 5) is 14.5. The van der Waals surface area contributed by atoms with Crippen molar-refractivity contribution >= 4 is 17.2 Å². The summed E-state index contributed by atoms with van der Waals surface area (Å²) < 4.78 is 0. The second kappa shape index (κ2) is 5.82. The quantitative estimate of drug-likeness (QED) is 0.728. The van der Waals surface area contributed by atoms with E-state index in [1.807, 2.05) is 11.4 Å². The van der Waals surface area contributed by atoms with Crippen LogP contribution in [0.4, 0.5) is 0 Å². The zero-order valence-electron chi connectivity index (χ0n) is 9.40. The molecular weight excluding hydrogens is 236 g/mol. The molecule has 0 spiro atoms. The van der Waals surface area contributed by atoms with E-state index in [4.69, 9.17) is 5.11 Å². The largest absolute Gasteiger partial charge is 0.384 e. The molecule has 1 saturated heterocycles. The van der Waals surface area contributed by atoms with E-state index in [0.717, 1.165) is 25.2 Å². The second-order valence-corrected chi connectivity index (χ2v) is 4.82. The van der Waals surface area contributed by atoms with Crippen molar-refractivity contribution in [3.8, 4) is 11.8 Å². The van der Waals surface area contributed by atoms with Crippen molar-refractivity contribution in [3.05, 3.63) is 21.9 Å². The van der Waals surface area contributed by atoms with Gasteiger partial charge < -0.3 is 10.4 Å². The minimum atomic E-state index is -0.114. The molecule has 0 atom stereocenters. The molecule has 4 nitrogen and oxygen atoms in total. The average molecular weight is 250 g/mol. The molecule has 1 aromatic rings. The van der Waals surface area contributed by atoms with E-state index >= 15 is 0 Å². The lowest BCUT2D eigenvalue weighted by molar-refractivity contribution is -0.124. The Morgan fingerprint density at radius 3 is 3.24 bits per heavy atom. The third-order valence-corrected chi connectivity index (χ3v) is 3.38. The van der Waals surface area contributed by atoms with Crippen LogP contribution in [0.3, 0.4) is 0 Å². The molecule has 2 rings (SSSR count). The van der Waals surface area contributed by atoms with Crippen LogP contribution in [0.1, 0.15) is 10.4 Å². The molecule has 1 amide bonds. The van der Waals surface area contributed by atoms with E-state index < -0.39 is 0 Å². The SMILES string of the molecule is O=C1CN(Cc2cc(C#CCO)cs2)CCN1. The number of nitrogens with one attached hydrogen (secondary N) is 1. The van der Waals surface area contributed by atoms with Gasteiger partial charge in [-0.2, -0.15) is 0 Å². The monoisotopic (exact) mass is 250 g/mol. The molecule has 2 heterocycles. The molecule has 0 saturated carbocycles. The minimum Gasteiger partial charge on any atom is -0.384 e. The Hall–Kier alpha value is -1.35. The van der Waals surface area contributed by atoms with Gasteiger partial charge in [-0.15, -0.1) is 11.3 Å². The highest BCUT2D eigenvalue weighted by molar-refractivity contribution is 7.10. The molecule has 0 unspecified atom stereocenters. The first-order valence-electron chi connectivity index (χ1n) is 5.44. The Morgan fingerprint density at radius 1 is 1.59 bits per heavy atom. The van der Waals surface area contributed by atoms with Crippen LogP contribution >= 0.6 is 11.3 Å². The predicted octanol–water partition coefficient (Wildman–Crippen LogP) is 0.0237. The molecule has 0 aliphatic carbocycles. The summed E-state index contributed by atoms with van der Waals surface area (Å²) in [5.74, 6) is 5.59. The lowest BCUT2D eigenvalue weighted by atomic mass is 10.3. The smallest absolute Gasteiger partial charge is 0.234 e. The van der Waals surface area contributed by atoms with Crippen LogP contribution in [-0.2, 0) is 11.3 Å². The first-order chi connectivity index (χ1) is 8.28. The van der Waals surface area contributed by atoms with Gasteiger partial charge in [-0.3, -0.25) is 9.69 Å². The Balaban J connectivity index is 1.94. The number of aliphatic hydroxyl groups is 1. The van der Waals surface area contributed by atoms with Crippen molar-refractivity contribution in [2.45, 2.75) is 6.54 Å². The van der Waals surface area contributed by atoms with Crippen LogP contribution in [0.25, 0.3) is 0 Å². The first kappa shape index (κ1) is 12.1. The molecule has 90 valence electrons. The number of nitrogens with zero attached hydrogens (tertiary/aromatic N) is 1. The van der Waals surface area contributed by atoms with Gasteiger partial charge in [0, 0.05) is 35.5 Å². The van der Waals surface area contributed by atoms with Gasteiger partial charge in [0.15, 0.2) is 0 Å². The maximum atomic E-state index is 11.2. The number of thiophene rings is 1. The molecule has 0 bridgehead atoms. The van der Waals surface area contributed by atoms with Crippen molar-refractivity contribution in [2.75, 3.05) is 26.2 Å². The van der Waals surface area contributed by atoms with Crippen molar-refractivity contribution in [1.82, 2.24) is 10.2 Å². The molecule has 0 radical (unpaired) electrons. The van der Waals surface area contributed by atoms with Crippen LogP contribution in [0.5, 0.6) is 0 Å². The van der Waals surface area contributed by atoms with Crippen molar-refractivity contribution in [1.29, 1.82) is 0 Å². The molecule has 5 heteroatoms. The summed E-state index contributed by atoms with van der Waals surface area (Å²) in [6, 6.07) is 2.01. The van der Waals surface area contributed by atoms with Crippen molar-refractivity contribution < 1.29 is 9.90 Å². The standard InChI is InChI=1S/C12H14N2O2S/c15-5-1-2-10-6-11(17-9-10)7-14-4-3-13-12(16)8-14/h6,9,15H,3-5,7-8H2,(H,13,16). The Labute approximate surface area is 104 Å². The summed E-state index contributed by atoms with van der Waals surface area (Å²) >= 11 is 1.64. The normalized spacial score (nSPS) is 16.2. The van der Waals surface area contributed by atoms with Crippen LogP contribution in [0.15, 0.2) is 11.4 Å². The Kier molecular flexibility index (Phi) is 4.15. The number of rotatable bonds is 2. The van der Waals surface area contributed by atoms with E-state index in [1.165, 1.54) is 4.88 Å². The fourth-order valence-electron chi connectivity index (χ4n) is 1.72. The number of hydrogen-bond donors (Lipinski definition) is 2. The topological polar surface area (TPSA) is 52.6 Å². The summed E-state index contributed by atoms with van der Waals surface area (Å²) in [5, 5.41) is 13.4. The summed E-state index contributed by atoms with van der Waals surface area (Å²) in [6.45, 7) is 2.76. The van der Waals surface area contributed by atoms with Gasteiger partial charge >= 0.3 is 0 Å². The molecule has 1 aromatic heterocycles. The van der Waals surface area contributed by atoms with Crippen molar-refractivity contribution in [2.24, 2.45) is 0 Å². The van der Waals surface area contributed by atoms with Gasteiger partial charge in [0.25, 0.3) is 0 Å². The second-order valence-electron chi connectivity index (χ2n) is 3.82. The van der Waals surface area contributed by atoms with Crippen LogP contribution in [-0.4, -0.2) is 42.2 Å². The number of carbonyl (C=O) groups is 1. The van der Waals surface area contributed by atoms with Crippen LogP contribution in [0.2, 0.25) is 0 Å². The number of piperazine rings is 1. The maximum Gasteiger partial charge on any atom is 0.234 e. The molecule has 0 aromatic carbocycles. The molecule has 2 N–H and O–H groups in total. The predicted molar refractivity (Wildman–Crippen MR) is 66.6 cm³/mol. The Morgan fingerprint density at radius 2 is 2.47 bits per heavy atom. The van der Waals surface area contributed by atoms with E-state index in [0.29, 0.717) is 6.54 Å². The molecular formula is C12H14N2O2S. The van der Waals surface area contributed by atoms with E-state index in [1.54, 1.807) is 11.3 Å². The van der Waals surface area contributed by atoms with Crippen LogP contribution in [0, 0.1) is 11.8 Å². The summed E-state index contributed by atoms with van der Waals surface area (Å²) in [5.41, 5.74) is 0.931. The molecule has 17 heavy (non-hydrogen) atoms. The highest BCUT2D eigenvalue weighted by Crippen LogP contribution is 2.16. The number of carbonyl (C=O) groups excluding carboxylic acids is 1. The zero-order chi connectivity index (χ0) is 12.1. The zero-order valence-corrected chi connectivity index (χ0v) is 10.2. The average Bonchev–Trinajstić information content (AvgIpc) is 2.74. The van der Waals surface area contributed by atoms with Gasteiger partial charge in [-0.05, 0) is 6.07 Å². The number of hydrogen-bond acceptors (Lipinski definition) is 4. The fourth-order valence-corrected chi connectivity index (χ4v) is 2.57. The maximum absolute atomic E-state index is 11.2. The van der Waals surface area contributed by atoms with Gasteiger partial charge in [0.05, 0.1) is 6.54 Å². The van der Waals surface area contributed by atoms with E-state index in [9.17, 15) is 4.79 Å². The molecule has 1 aliphatic heterocycles. The van der Waals surface area contributed by atoms with Gasteiger partial charge in [0.1, 0.15) is 6.61 Å². The minimum absolute atomic E-state index is 0.0908. The number of aliphatic hydroxyl groups excluding tert-OH is 1. The van der Waals surface area contributed by atoms with Gasteiger partial charge in [-0.1, -0.05) is 11.8 Å². The fraction of sp³-hybridized carbons (Fsp3) is 0.417. The van der Waals surface area contributed by atoms with E-state index in [-0.39, 0.29) is 12.5 Å². The van der Waals surface area contributed by atoms with Gasteiger partial charge in [0.2, 0.25) is 5.91 Å². The van der Waals surface area contributed by atoms with Gasteiger partial charge in [-0.25, -0.2) is 0 Å². The highest BCUT2D eigenvalue weighted by Gasteiger charge is 2.16. The number of amides is 1. The third kappa shape index (κ3) is 3.56. The van der Waals surface area contributed by atoms with E-state index in [2.05, 4.69) is 22.1 Å². The van der Waals surface area contributed by atoms with Crippen molar-refractivity contribution in [3.63, 3.8) is 0 Å².